The van der Waals surface area contributed by atoms with E-state index in [1.165, 1.54) is 5.56 Å². The van der Waals surface area contributed by atoms with Gasteiger partial charge >= 0.3 is 0 Å². The van der Waals surface area contributed by atoms with Crippen LogP contribution >= 0.6 is 11.3 Å². The summed E-state index contributed by atoms with van der Waals surface area (Å²) in [5.41, 5.74) is 1.27. The van der Waals surface area contributed by atoms with E-state index >= 15 is 0 Å². The molecule has 1 fully saturated rings. The Labute approximate surface area is 100 Å². The van der Waals surface area contributed by atoms with Crippen LogP contribution in [0.25, 0.3) is 0 Å². The third-order valence-electron chi connectivity index (χ3n) is 3.03. The highest BCUT2D eigenvalue weighted by Crippen LogP contribution is 2.17. The molecule has 1 aromatic rings. The number of hydrogen-bond acceptors (Lipinski definition) is 3. The molecule has 2 rings (SSSR count). The van der Waals surface area contributed by atoms with Gasteiger partial charge in [0, 0.05) is 12.6 Å². The Morgan fingerprint density at radius 2 is 2.44 bits per heavy atom. The van der Waals surface area contributed by atoms with Crippen molar-refractivity contribution in [3.8, 4) is 0 Å². The average molecular weight is 238 g/mol. The molecule has 1 amide bonds. The van der Waals surface area contributed by atoms with Crippen LogP contribution in [0.5, 0.6) is 0 Å². The van der Waals surface area contributed by atoms with Gasteiger partial charge in [-0.1, -0.05) is 0 Å². The second-order valence-electron chi connectivity index (χ2n) is 4.28. The summed E-state index contributed by atoms with van der Waals surface area (Å²) in [5.74, 6) is 0.152. The Morgan fingerprint density at radius 3 is 3.19 bits per heavy atom. The summed E-state index contributed by atoms with van der Waals surface area (Å²) in [6.45, 7) is 2.93. The predicted octanol–water partition coefficient (Wildman–Crippen LogP) is 2.07. The molecule has 2 heterocycles. The highest BCUT2D eigenvalue weighted by atomic mass is 32.1. The molecule has 2 atom stereocenters. The van der Waals surface area contributed by atoms with E-state index in [-0.39, 0.29) is 18.0 Å². The zero-order chi connectivity index (χ0) is 11.4. The van der Waals surface area contributed by atoms with Crippen molar-refractivity contribution in [2.75, 3.05) is 6.54 Å². The zero-order valence-corrected chi connectivity index (χ0v) is 10.3. The SMILES string of the molecule is CC(NC1CCCCNC1=O)c1ccsc1. The van der Waals surface area contributed by atoms with Crippen LogP contribution in [0.3, 0.4) is 0 Å². The van der Waals surface area contributed by atoms with Crippen molar-refractivity contribution in [2.45, 2.75) is 38.3 Å². The third kappa shape index (κ3) is 2.83. The lowest BCUT2D eigenvalue weighted by Gasteiger charge is -2.20. The molecule has 1 saturated heterocycles. The van der Waals surface area contributed by atoms with Crippen LogP contribution in [0.1, 0.15) is 37.8 Å². The Balaban J connectivity index is 1.94. The summed E-state index contributed by atoms with van der Waals surface area (Å²) in [6, 6.07) is 2.33. The van der Waals surface area contributed by atoms with E-state index in [0.717, 1.165) is 25.8 Å². The molecule has 2 N–H and O–H groups in total. The number of carbonyl (C=O) groups is 1. The molecule has 1 aliphatic heterocycles. The van der Waals surface area contributed by atoms with E-state index < -0.39 is 0 Å². The van der Waals surface area contributed by atoms with Gasteiger partial charge in [-0.15, -0.1) is 0 Å². The van der Waals surface area contributed by atoms with Crippen molar-refractivity contribution in [2.24, 2.45) is 0 Å². The summed E-state index contributed by atoms with van der Waals surface area (Å²) >= 11 is 1.69. The zero-order valence-electron chi connectivity index (χ0n) is 9.53. The van der Waals surface area contributed by atoms with E-state index in [1.54, 1.807) is 11.3 Å². The maximum atomic E-state index is 11.7. The standard InChI is InChI=1S/C12H18N2OS/c1-9(10-5-7-16-8-10)14-11-4-2-3-6-13-12(11)15/h5,7-9,11,14H,2-4,6H2,1H3,(H,13,15). The summed E-state index contributed by atoms with van der Waals surface area (Å²) in [7, 11) is 0. The highest BCUT2D eigenvalue weighted by molar-refractivity contribution is 7.07. The molecule has 0 aromatic carbocycles. The number of thiophene rings is 1. The van der Waals surface area contributed by atoms with Crippen LogP contribution in [0.2, 0.25) is 0 Å². The molecule has 3 nitrogen and oxygen atoms in total. The Bertz CT molecular complexity index is 337. The first-order chi connectivity index (χ1) is 7.77. The number of amides is 1. The summed E-state index contributed by atoms with van der Waals surface area (Å²) in [5, 5.41) is 10.6. The quantitative estimate of drug-likeness (QED) is 0.846. The Morgan fingerprint density at radius 1 is 1.56 bits per heavy atom. The Hall–Kier alpha value is -0.870. The van der Waals surface area contributed by atoms with Gasteiger partial charge in [-0.2, -0.15) is 11.3 Å². The smallest absolute Gasteiger partial charge is 0.237 e. The van der Waals surface area contributed by atoms with Crippen LogP contribution in [-0.2, 0) is 4.79 Å². The van der Waals surface area contributed by atoms with Gasteiger partial charge in [0.25, 0.3) is 0 Å². The number of carbonyl (C=O) groups excluding carboxylic acids is 1. The van der Waals surface area contributed by atoms with Gasteiger partial charge in [0.15, 0.2) is 0 Å². The van der Waals surface area contributed by atoms with Crippen molar-refractivity contribution >= 4 is 17.2 Å². The van der Waals surface area contributed by atoms with Crippen LogP contribution in [0, 0.1) is 0 Å². The first kappa shape index (κ1) is 11.6. The van der Waals surface area contributed by atoms with Crippen molar-refractivity contribution < 1.29 is 4.79 Å². The number of hydrogen-bond donors (Lipinski definition) is 2. The molecule has 0 bridgehead atoms. The summed E-state index contributed by atoms with van der Waals surface area (Å²) < 4.78 is 0. The minimum absolute atomic E-state index is 0.0302. The normalized spacial score (nSPS) is 23.6. The third-order valence-corrected chi connectivity index (χ3v) is 3.73. The maximum Gasteiger partial charge on any atom is 0.237 e. The summed E-state index contributed by atoms with van der Waals surface area (Å²) in [4.78, 5) is 11.7. The first-order valence-electron chi connectivity index (χ1n) is 5.83. The van der Waals surface area contributed by atoms with Crippen LogP contribution in [0.4, 0.5) is 0 Å². The molecule has 1 aromatic heterocycles. The fraction of sp³-hybridized carbons (Fsp3) is 0.583. The number of rotatable bonds is 3. The van der Waals surface area contributed by atoms with Crippen LogP contribution in [0.15, 0.2) is 16.8 Å². The largest absolute Gasteiger partial charge is 0.355 e. The molecule has 0 aliphatic carbocycles. The van der Waals surface area contributed by atoms with Crippen molar-refractivity contribution in [1.29, 1.82) is 0 Å². The van der Waals surface area contributed by atoms with Gasteiger partial charge in [-0.05, 0) is 48.6 Å². The van der Waals surface area contributed by atoms with Crippen molar-refractivity contribution in [1.82, 2.24) is 10.6 Å². The minimum atomic E-state index is -0.0302. The number of nitrogens with one attached hydrogen (secondary N) is 2. The first-order valence-corrected chi connectivity index (χ1v) is 6.77. The van der Waals surface area contributed by atoms with E-state index in [4.69, 9.17) is 0 Å². The molecule has 2 unspecified atom stereocenters. The molecule has 1 aliphatic rings. The lowest BCUT2D eigenvalue weighted by atomic mass is 10.1. The Kier molecular flexibility index (Phi) is 3.96. The maximum absolute atomic E-state index is 11.7. The lowest BCUT2D eigenvalue weighted by molar-refractivity contribution is -0.123. The minimum Gasteiger partial charge on any atom is -0.355 e. The molecule has 16 heavy (non-hydrogen) atoms. The van der Waals surface area contributed by atoms with Gasteiger partial charge in [-0.3, -0.25) is 10.1 Å². The van der Waals surface area contributed by atoms with E-state index in [9.17, 15) is 4.79 Å². The molecule has 4 heteroatoms. The van der Waals surface area contributed by atoms with Crippen molar-refractivity contribution in [3.63, 3.8) is 0 Å². The van der Waals surface area contributed by atoms with Gasteiger partial charge in [0.05, 0.1) is 6.04 Å². The fourth-order valence-electron chi connectivity index (χ4n) is 2.02. The van der Waals surface area contributed by atoms with Crippen LogP contribution in [-0.4, -0.2) is 18.5 Å². The van der Waals surface area contributed by atoms with Gasteiger partial charge in [0.2, 0.25) is 5.91 Å². The fourth-order valence-corrected chi connectivity index (χ4v) is 2.77. The lowest BCUT2D eigenvalue weighted by Crippen LogP contribution is -2.43. The molecule has 0 radical (unpaired) electrons. The second-order valence-corrected chi connectivity index (χ2v) is 5.06. The average Bonchev–Trinajstić information content (AvgIpc) is 2.73. The van der Waals surface area contributed by atoms with Crippen LogP contribution < -0.4 is 10.6 Å². The molecule has 0 saturated carbocycles. The van der Waals surface area contributed by atoms with E-state index in [0.29, 0.717) is 0 Å². The van der Waals surface area contributed by atoms with Gasteiger partial charge < -0.3 is 5.32 Å². The molecular formula is C12H18N2OS. The molecule has 0 spiro atoms. The molecular weight excluding hydrogens is 220 g/mol. The highest BCUT2D eigenvalue weighted by Gasteiger charge is 2.22. The van der Waals surface area contributed by atoms with Gasteiger partial charge in [-0.25, -0.2) is 0 Å². The second kappa shape index (κ2) is 5.46. The topological polar surface area (TPSA) is 41.1 Å². The molecule has 88 valence electrons. The monoisotopic (exact) mass is 238 g/mol. The van der Waals surface area contributed by atoms with Gasteiger partial charge in [0.1, 0.15) is 0 Å². The van der Waals surface area contributed by atoms with E-state index in [1.807, 2.05) is 0 Å². The van der Waals surface area contributed by atoms with Crippen molar-refractivity contribution in [3.05, 3.63) is 22.4 Å². The predicted molar refractivity (Wildman–Crippen MR) is 66.5 cm³/mol. The van der Waals surface area contributed by atoms with E-state index in [2.05, 4.69) is 34.4 Å². The summed E-state index contributed by atoms with van der Waals surface area (Å²) in [6.07, 6.45) is 3.16.